The van der Waals surface area contributed by atoms with E-state index >= 15 is 0 Å². The number of nitrogens with two attached hydrogens (primary N) is 1. The number of ether oxygens (including phenoxy) is 1. The first-order chi connectivity index (χ1) is 10.2. The summed E-state index contributed by atoms with van der Waals surface area (Å²) in [4.78, 5) is 16.4. The van der Waals surface area contributed by atoms with Crippen molar-refractivity contribution < 1.29 is 9.53 Å². The van der Waals surface area contributed by atoms with Gasteiger partial charge in [-0.25, -0.2) is 4.79 Å². The van der Waals surface area contributed by atoms with Crippen LogP contribution < -0.4 is 11.1 Å². The van der Waals surface area contributed by atoms with Gasteiger partial charge in [0.1, 0.15) is 4.88 Å². The van der Waals surface area contributed by atoms with Gasteiger partial charge in [0.2, 0.25) is 0 Å². The fourth-order valence-electron chi connectivity index (χ4n) is 2.29. The maximum Gasteiger partial charge on any atom is 0.350 e. The number of esters is 1. The highest BCUT2D eigenvalue weighted by atomic mass is 32.1. The summed E-state index contributed by atoms with van der Waals surface area (Å²) in [7, 11) is 1.38. The van der Waals surface area contributed by atoms with Gasteiger partial charge in [-0.1, -0.05) is 6.07 Å². The lowest BCUT2D eigenvalue weighted by atomic mass is 10.1. The third-order valence-corrected chi connectivity index (χ3v) is 4.67. The molecule has 110 valence electrons. The summed E-state index contributed by atoms with van der Waals surface area (Å²) in [5, 5.41) is 4.35. The Labute approximate surface area is 127 Å². The molecule has 0 aromatic carbocycles. The molecule has 6 heteroatoms. The topological polar surface area (TPSA) is 77.2 Å². The highest BCUT2D eigenvalue weighted by Gasteiger charge is 2.33. The van der Waals surface area contributed by atoms with E-state index in [4.69, 9.17) is 10.5 Å². The predicted molar refractivity (Wildman–Crippen MR) is 83.6 cm³/mol. The number of hydrogen-bond acceptors (Lipinski definition) is 6. The zero-order chi connectivity index (χ0) is 14.8. The Morgan fingerprint density at radius 2 is 2.38 bits per heavy atom. The number of carbonyl (C=O) groups is 1. The molecular weight excluding hydrogens is 286 g/mol. The largest absolute Gasteiger partial charge is 0.465 e. The van der Waals surface area contributed by atoms with Crippen molar-refractivity contribution in [3.05, 3.63) is 40.5 Å². The summed E-state index contributed by atoms with van der Waals surface area (Å²) in [5.41, 5.74) is 8.88. The number of pyridine rings is 1. The van der Waals surface area contributed by atoms with Crippen LogP contribution in [-0.2, 0) is 11.3 Å². The Hall–Kier alpha value is -2.08. The normalized spacial score (nSPS) is 14.0. The number of aromatic nitrogens is 1. The molecule has 0 aliphatic heterocycles. The molecule has 1 aliphatic carbocycles. The number of hydrogen-bond donors (Lipinski definition) is 2. The minimum absolute atomic E-state index is 0.367. The molecule has 2 aromatic rings. The highest BCUT2D eigenvalue weighted by Crippen LogP contribution is 2.51. The Morgan fingerprint density at radius 3 is 3.00 bits per heavy atom. The quantitative estimate of drug-likeness (QED) is 0.830. The number of nitrogen functional groups attached to an aromatic ring is 1. The maximum atomic E-state index is 11.8. The fraction of sp³-hybridized carbons (Fsp3) is 0.333. The Kier molecular flexibility index (Phi) is 3.79. The van der Waals surface area contributed by atoms with Gasteiger partial charge in [-0.05, 0) is 30.4 Å². The summed E-state index contributed by atoms with van der Waals surface area (Å²) in [5.74, 6) is 0.102. The number of carbonyl (C=O) groups excluding carboxylic acids is 1. The van der Waals surface area contributed by atoms with Gasteiger partial charge in [0.05, 0.1) is 17.8 Å². The third kappa shape index (κ3) is 2.85. The summed E-state index contributed by atoms with van der Waals surface area (Å²) in [6, 6.07) is 3.91. The lowest BCUT2D eigenvalue weighted by Gasteiger charge is -2.07. The molecule has 0 saturated heterocycles. The smallest absolute Gasteiger partial charge is 0.350 e. The first kappa shape index (κ1) is 13.9. The minimum Gasteiger partial charge on any atom is -0.465 e. The van der Waals surface area contributed by atoms with Gasteiger partial charge in [0.25, 0.3) is 0 Å². The molecule has 0 atom stereocenters. The van der Waals surface area contributed by atoms with Crippen LogP contribution in [0.15, 0.2) is 24.5 Å². The van der Waals surface area contributed by atoms with Crippen molar-refractivity contribution in [1.82, 2.24) is 4.98 Å². The van der Waals surface area contributed by atoms with Crippen LogP contribution in [0.25, 0.3) is 0 Å². The number of rotatable bonds is 5. The van der Waals surface area contributed by atoms with Gasteiger partial charge in [-0.2, -0.15) is 0 Å². The van der Waals surface area contributed by atoms with Crippen LogP contribution >= 0.6 is 11.3 Å². The fourth-order valence-corrected chi connectivity index (χ4v) is 3.42. The molecule has 21 heavy (non-hydrogen) atoms. The second-order valence-electron chi connectivity index (χ2n) is 5.07. The average Bonchev–Trinajstić information content (AvgIpc) is 3.29. The Morgan fingerprint density at radius 1 is 1.57 bits per heavy atom. The Balaban J connectivity index is 1.85. The molecule has 0 radical (unpaired) electrons. The van der Waals surface area contributed by atoms with Crippen molar-refractivity contribution in [2.75, 3.05) is 18.2 Å². The SMILES string of the molecule is COC(=O)c1sc(NCc2cccnc2)c(C2CC2)c1N. The van der Waals surface area contributed by atoms with Crippen LogP contribution in [0.2, 0.25) is 0 Å². The molecule has 0 unspecified atom stereocenters. The molecule has 1 fully saturated rings. The third-order valence-electron chi connectivity index (χ3n) is 3.52. The number of anilines is 2. The lowest BCUT2D eigenvalue weighted by Crippen LogP contribution is -2.03. The molecule has 1 aliphatic rings. The van der Waals surface area contributed by atoms with E-state index in [1.165, 1.54) is 18.4 Å². The van der Waals surface area contributed by atoms with E-state index in [-0.39, 0.29) is 5.97 Å². The molecule has 3 N–H and O–H groups in total. The van der Waals surface area contributed by atoms with Gasteiger partial charge in [-0.3, -0.25) is 4.98 Å². The number of nitrogens with one attached hydrogen (secondary N) is 1. The van der Waals surface area contributed by atoms with Crippen molar-refractivity contribution in [2.45, 2.75) is 25.3 Å². The molecule has 2 aromatic heterocycles. The average molecular weight is 303 g/mol. The number of thiophene rings is 1. The zero-order valence-corrected chi connectivity index (χ0v) is 12.6. The second kappa shape index (κ2) is 5.73. The maximum absolute atomic E-state index is 11.8. The first-order valence-corrected chi connectivity index (χ1v) is 7.65. The van der Waals surface area contributed by atoms with Gasteiger partial charge in [-0.15, -0.1) is 11.3 Å². The summed E-state index contributed by atoms with van der Waals surface area (Å²) in [6.07, 6.45) is 5.83. The van der Waals surface area contributed by atoms with Crippen LogP contribution in [0.5, 0.6) is 0 Å². The zero-order valence-electron chi connectivity index (χ0n) is 11.8. The first-order valence-electron chi connectivity index (χ1n) is 6.84. The summed E-state index contributed by atoms with van der Waals surface area (Å²) >= 11 is 1.38. The van der Waals surface area contributed by atoms with Crippen molar-refractivity contribution >= 4 is 28.0 Å². The molecule has 5 nitrogen and oxygen atoms in total. The molecule has 0 bridgehead atoms. The van der Waals surface area contributed by atoms with Crippen LogP contribution in [0.4, 0.5) is 10.7 Å². The molecule has 2 heterocycles. The summed E-state index contributed by atoms with van der Waals surface area (Å²) in [6.45, 7) is 0.661. The minimum atomic E-state index is -0.367. The van der Waals surface area contributed by atoms with Crippen molar-refractivity contribution in [2.24, 2.45) is 0 Å². The van der Waals surface area contributed by atoms with E-state index in [1.807, 2.05) is 18.3 Å². The van der Waals surface area contributed by atoms with E-state index in [1.54, 1.807) is 6.20 Å². The molecule has 3 rings (SSSR count). The summed E-state index contributed by atoms with van der Waals surface area (Å²) < 4.78 is 4.80. The molecule has 0 spiro atoms. The van der Waals surface area contributed by atoms with Gasteiger partial charge in [0.15, 0.2) is 0 Å². The van der Waals surface area contributed by atoms with E-state index < -0.39 is 0 Å². The lowest BCUT2D eigenvalue weighted by molar-refractivity contribution is 0.0607. The van der Waals surface area contributed by atoms with E-state index in [2.05, 4.69) is 10.3 Å². The van der Waals surface area contributed by atoms with Crippen LogP contribution in [0.1, 0.15) is 39.6 Å². The highest BCUT2D eigenvalue weighted by molar-refractivity contribution is 7.18. The van der Waals surface area contributed by atoms with E-state index in [0.29, 0.717) is 23.0 Å². The van der Waals surface area contributed by atoms with Crippen LogP contribution in [0.3, 0.4) is 0 Å². The van der Waals surface area contributed by atoms with Gasteiger partial charge < -0.3 is 15.8 Å². The molecular formula is C15H17N3O2S. The van der Waals surface area contributed by atoms with Crippen LogP contribution in [0, 0.1) is 0 Å². The Bertz CT molecular complexity index is 650. The van der Waals surface area contributed by atoms with Gasteiger partial charge >= 0.3 is 5.97 Å². The van der Waals surface area contributed by atoms with Crippen molar-refractivity contribution in [3.8, 4) is 0 Å². The number of methoxy groups -OCH3 is 1. The molecule has 1 saturated carbocycles. The predicted octanol–water partition coefficient (Wildman–Crippen LogP) is 3.00. The van der Waals surface area contributed by atoms with Crippen LogP contribution in [-0.4, -0.2) is 18.1 Å². The van der Waals surface area contributed by atoms with E-state index in [9.17, 15) is 4.79 Å². The monoisotopic (exact) mass is 303 g/mol. The standard InChI is InChI=1S/C15H17N3O2S/c1-20-15(19)13-12(16)11(10-4-5-10)14(21-13)18-8-9-3-2-6-17-7-9/h2-3,6-7,10,18H,4-5,8,16H2,1H3. The number of nitrogens with zero attached hydrogens (tertiary/aromatic N) is 1. The molecule has 0 amide bonds. The van der Waals surface area contributed by atoms with Crippen molar-refractivity contribution in [1.29, 1.82) is 0 Å². The second-order valence-corrected chi connectivity index (χ2v) is 6.09. The van der Waals surface area contributed by atoms with E-state index in [0.717, 1.165) is 29.0 Å². The van der Waals surface area contributed by atoms with Crippen molar-refractivity contribution in [3.63, 3.8) is 0 Å². The van der Waals surface area contributed by atoms with Gasteiger partial charge in [0, 0.05) is 24.5 Å².